The summed E-state index contributed by atoms with van der Waals surface area (Å²) >= 11 is 0.0530. The molecule has 3 nitrogen and oxygen atoms in total. The van der Waals surface area contributed by atoms with Crippen molar-refractivity contribution in [3.63, 3.8) is 0 Å². The Morgan fingerprint density at radius 1 is 1.25 bits per heavy atom. The molecule has 0 radical (unpaired) electrons. The fourth-order valence-corrected chi connectivity index (χ4v) is 4.64. The molecule has 1 heterocycles. The molecule has 1 aromatic carbocycles. The Morgan fingerprint density at radius 2 is 2.10 bits per heavy atom. The number of rotatable bonds is 3. The summed E-state index contributed by atoms with van der Waals surface area (Å²) in [5.74, 6) is 2.33. The minimum atomic E-state index is 0.0530. The third-order valence-corrected chi connectivity index (χ3v) is 5.79. The van der Waals surface area contributed by atoms with Crippen LogP contribution in [-0.4, -0.2) is 29.0 Å². The van der Waals surface area contributed by atoms with Crippen LogP contribution < -0.4 is 5.32 Å². The fraction of sp³-hybridized carbons (Fsp3) is 0.625. The number of anilines is 1. The Bertz CT molecular complexity index is 578. The van der Waals surface area contributed by atoms with E-state index < -0.39 is 0 Å². The molecule has 1 aliphatic rings. The summed E-state index contributed by atoms with van der Waals surface area (Å²) in [7, 11) is 0. The van der Waals surface area contributed by atoms with Gasteiger partial charge >= 0.3 is 127 Å². The van der Waals surface area contributed by atoms with E-state index in [1.165, 1.54) is 24.9 Å². The van der Waals surface area contributed by atoms with Crippen molar-refractivity contribution in [1.82, 2.24) is 7.96 Å². The average molecular weight is 336 g/mol. The van der Waals surface area contributed by atoms with Crippen LogP contribution in [0.25, 0.3) is 11.0 Å². The van der Waals surface area contributed by atoms with Crippen molar-refractivity contribution in [2.24, 2.45) is 17.8 Å². The van der Waals surface area contributed by atoms with Crippen LogP contribution >= 0.6 is 0 Å². The van der Waals surface area contributed by atoms with Crippen LogP contribution in [0.15, 0.2) is 18.2 Å². The summed E-state index contributed by atoms with van der Waals surface area (Å²) in [5, 5.41) is 3.80. The Kier molecular flexibility index (Phi) is 4.13. The zero-order chi connectivity index (χ0) is 14.1. The summed E-state index contributed by atoms with van der Waals surface area (Å²) in [6, 6.07) is 6.91. The van der Waals surface area contributed by atoms with Gasteiger partial charge in [0.05, 0.1) is 0 Å². The van der Waals surface area contributed by atoms with Gasteiger partial charge in [0.2, 0.25) is 0 Å². The van der Waals surface area contributed by atoms with Gasteiger partial charge in [-0.1, -0.05) is 0 Å². The maximum atomic E-state index is 4.59. The van der Waals surface area contributed by atoms with E-state index in [0.717, 1.165) is 28.8 Å². The molecule has 108 valence electrons. The second-order valence-electron chi connectivity index (χ2n) is 6.51. The van der Waals surface area contributed by atoms with Crippen molar-refractivity contribution < 1.29 is 0 Å². The van der Waals surface area contributed by atoms with Gasteiger partial charge in [0, 0.05) is 0 Å². The number of hydrogen-bond donors (Lipinski definition) is 1. The Balaban J connectivity index is 1.86. The molecule has 4 heteroatoms. The van der Waals surface area contributed by atoms with Crippen LogP contribution in [0.1, 0.15) is 40.0 Å². The molecule has 3 atom stereocenters. The van der Waals surface area contributed by atoms with Crippen molar-refractivity contribution in [3.8, 4) is 0 Å². The van der Waals surface area contributed by atoms with E-state index in [1.54, 1.807) is 0 Å². The fourth-order valence-electron chi connectivity index (χ4n) is 3.49. The molecule has 2 aromatic rings. The molecule has 3 rings (SSSR count). The molecule has 20 heavy (non-hydrogen) atoms. The zero-order valence-corrected chi connectivity index (χ0v) is 14.2. The van der Waals surface area contributed by atoms with Crippen LogP contribution in [0.4, 0.5) is 5.69 Å². The topological polar surface area (TPSA) is 37.8 Å². The first kappa shape index (κ1) is 14.1. The predicted molar refractivity (Wildman–Crippen MR) is 85.2 cm³/mol. The molecule has 1 aliphatic carbocycles. The molecule has 1 N–H and O–H groups in total. The zero-order valence-electron chi connectivity index (χ0n) is 12.5. The van der Waals surface area contributed by atoms with Crippen molar-refractivity contribution in [3.05, 3.63) is 18.2 Å². The Labute approximate surface area is 127 Å². The van der Waals surface area contributed by atoms with Crippen molar-refractivity contribution in [2.75, 3.05) is 5.32 Å². The molecule has 0 amide bonds. The van der Waals surface area contributed by atoms with Gasteiger partial charge in [-0.3, -0.25) is 0 Å². The van der Waals surface area contributed by atoms with Gasteiger partial charge in [0.15, 0.2) is 0 Å². The first-order chi connectivity index (χ1) is 9.65. The van der Waals surface area contributed by atoms with Gasteiger partial charge in [-0.25, -0.2) is 0 Å². The molecular formula is C16H23N3Se. The van der Waals surface area contributed by atoms with Gasteiger partial charge in [0.1, 0.15) is 0 Å². The van der Waals surface area contributed by atoms with Crippen molar-refractivity contribution >= 4 is 31.7 Å². The van der Waals surface area contributed by atoms with E-state index in [2.05, 4.69) is 52.2 Å². The van der Waals surface area contributed by atoms with Crippen LogP contribution in [0.3, 0.4) is 0 Å². The summed E-state index contributed by atoms with van der Waals surface area (Å²) in [4.78, 5) is 0. The van der Waals surface area contributed by atoms with E-state index in [0.29, 0.717) is 6.04 Å². The van der Waals surface area contributed by atoms with Crippen LogP contribution in [0.5, 0.6) is 0 Å². The standard InChI is InChI=1S/C16H23N3Se/c1-10(2)12-8-7-11(3)9-15(12)17-13-5-4-6-14-16(13)19-20-18-14/h4-6,10-12,15,17H,7-9H2,1-3H3. The maximum absolute atomic E-state index is 4.59. The number of benzene rings is 1. The van der Waals surface area contributed by atoms with Crippen molar-refractivity contribution in [2.45, 2.75) is 46.1 Å². The van der Waals surface area contributed by atoms with Gasteiger partial charge in [0.25, 0.3) is 0 Å². The number of fused-ring (bicyclic) bond motifs is 1. The monoisotopic (exact) mass is 337 g/mol. The van der Waals surface area contributed by atoms with E-state index >= 15 is 0 Å². The van der Waals surface area contributed by atoms with Gasteiger partial charge in [-0.2, -0.15) is 0 Å². The minimum absolute atomic E-state index is 0.0530. The molecular weight excluding hydrogens is 313 g/mol. The number of nitrogens with zero attached hydrogens (tertiary/aromatic N) is 2. The van der Waals surface area contributed by atoms with Gasteiger partial charge in [-0.15, -0.1) is 0 Å². The van der Waals surface area contributed by atoms with E-state index in [1.807, 2.05) is 0 Å². The SMILES string of the molecule is CC1CCC(C(C)C)C(Nc2cccc3n[se]nc23)C1. The van der Waals surface area contributed by atoms with E-state index in [-0.39, 0.29) is 15.0 Å². The molecule has 0 saturated heterocycles. The van der Waals surface area contributed by atoms with E-state index in [9.17, 15) is 0 Å². The molecule has 1 saturated carbocycles. The molecule has 3 unspecified atom stereocenters. The third kappa shape index (κ3) is 2.77. The van der Waals surface area contributed by atoms with Gasteiger partial charge < -0.3 is 0 Å². The molecule has 1 fully saturated rings. The molecule has 0 bridgehead atoms. The van der Waals surface area contributed by atoms with Crippen molar-refractivity contribution in [1.29, 1.82) is 0 Å². The quantitative estimate of drug-likeness (QED) is 0.871. The van der Waals surface area contributed by atoms with Crippen LogP contribution in [0, 0.1) is 17.8 Å². The number of aromatic nitrogens is 2. The van der Waals surface area contributed by atoms with E-state index in [4.69, 9.17) is 0 Å². The van der Waals surface area contributed by atoms with Crippen LogP contribution in [0.2, 0.25) is 0 Å². The summed E-state index contributed by atoms with van der Waals surface area (Å²) < 4.78 is 9.06. The Hall–Kier alpha value is -0.861. The number of hydrogen-bond acceptors (Lipinski definition) is 3. The summed E-state index contributed by atoms with van der Waals surface area (Å²) in [6.07, 6.45) is 3.99. The first-order valence-electron chi connectivity index (χ1n) is 7.63. The Morgan fingerprint density at radius 3 is 2.90 bits per heavy atom. The second kappa shape index (κ2) is 5.87. The molecule has 1 aromatic heterocycles. The average Bonchev–Trinajstić information content (AvgIpc) is 2.88. The van der Waals surface area contributed by atoms with Gasteiger partial charge in [-0.05, 0) is 0 Å². The third-order valence-electron chi connectivity index (χ3n) is 4.65. The second-order valence-corrected chi connectivity index (χ2v) is 7.62. The predicted octanol–water partition coefficient (Wildman–Crippen LogP) is 3.56. The number of nitrogens with one attached hydrogen (secondary N) is 1. The molecule has 0 aliphatic heterocycles. The summed E-state index contributed by atoms with van der Waals surface area (Å²) in [6.45, 7) is 7.09. The van der Waals surface area contributed by atoms with Crippen LogP contribution in [-0.2, 0) is 0 Å². The first-order valence-corrected chi connectivity index (χ1v) is 9.16. The normalized spacial score (nSPS) is 27.1. The molecule has 0 spiro atoms. The summed E-state index contributed by atoms with van der Waals surface area (Å²) in [5.41, 5.74) is 3.35.